The fourth-order valence-electron chi connectivity index (χ4n) is 1.08. The highest BCUT2D eigenvalue weighted by Crippen LogP contribution is 2.25. The van der Waals surface area contributed by atoms with Crippen LogP contribution in [0.25, 0.3) is 0 Å². The Balaban J connectivity index is 3.48. The standard InChI is InChI=1S/C9H9NO4S/c1-7-3-4-8(14-2)9(5-7)15(12,13)10-6-11/h3-5H,1-2H3. The molecule has 0 bridgehead atoms. The number of hydrogen-bond acceptors (Lipinski definition) is 4. The lowest BCUT2D eigenvalue weighted by molar-refractivity contribution is 0.402. The number of ether oxygens (including phenoxy) is 1. The maximum Gasteiger partial charge on any atom is 0.296 e. The quantitative estimate of drug-likeness (QED) is 0.571. The number of isocyanates is 1. The van der Waals surface area contributed by atoms with E-state index in [2.05, 4.69) is 4.40 Å². The van der Waals surface area contributed by atoms with Crippen LogP contribution >= 0.6 is 0 Å². The van der Waals surface area contributed by atoms with Crippen LogP contribution in [0.1, 0.15) is 5.56 Å². The maximum absolute atomic E-state index is 11.5. The molecule has 0 atom stereocenters. The molecule has 0 amide bonds. The molecule has 0 aliphatic rings. The molecule has 0 aliphatic carbocycles. The zero-order valence-corrected chi connectivity index (χ0v) is 9.04. The Labute approximate surface area is 87.5 Å². The molecule has 0 N–H and O–H groups in total. The van der Waals surface area contributed by atoms with Gasteiger partial charge in [0.2, 0.25) is 0 Å². The average molecular weight is 227 g/mol. The third-order valence-electron chi connectivity index (χ3n) is 1.75. The summed E-state index contributed by atoms with van der Waals surface area (Å²) in [6, 6.07) is 4.58. The van der Waals surface area contributed by atoms with Gasteiger partial charge in [-0.2, -0.15) is 8.42 Å². The fourth-order valence-corrected chi connectivity index (χ4v) is 2.02. The van der Waals surface area contributed by atoms with Crippen molar-refractivity contribution in [1.29, 1.82) is 0 Å². The van der Waals surface area contributed by atoms with Crippen molar-refractivity contribution in [2.45, 2.75) is 11.8 Å². The molecule has 15 heavy (non-hydrogen) atoms. The number of rotatable bonds is 3. The van der Waals surface area contributed by atoms with Gasteiger partial charge < -0.3 is 4.74 Å². The maximum atomic E-state index is 11.5. The minimum atomic E-state index is -4.00. The van der Waals surface area contributed by atoms with Crippen molar-refractivity contribution in [3.05, 3.63) is 23.8 Å². The summed E-state index contributed by atoms with van der Waals surface area (Å²) in [5.74, 6) is 0.152. The van der Waals surface area contributed by atoms with Crippen molar-refractivity contribution < 1.29 is 17.9 Å². The Hall–Kier alpha value is -1.65. The molecule has 0 fully saturated rings. The largest absolute Gasteiger partial charge is 0.495 e. The zero-order valence-electron chi connectivity index (χ0n) is 8.22. The molecule has 1 aromatic rings. The summed E-state index contributed by atoms with van der Waals surface area (Å²) in [7, 11) is -2.66. The van der Waals surface area contributed by atoms with Crippen molar-refractivity contribution >= 4 is 16.1 Å². The molecule has 0 unspecified atom stereocenters. The van der Waals surface area contributed by atoms with Gasteiger partial charge in [0.05, 0.1) is 7.11 Å². The third-order valence-corrected chi connectivity index (χ3v) is 2.94. The van der Waals surface area contributed by atoms with Gasteiger partial charge in [0, 0.05) is 0 Å². The number of benzene rings is 1. The molecule has 0 saturated carbocycles. The van der Waals surface area contributed by atoms with Gasteiger partial charge in [-0.3, -0.25) is 0 Å². The molecule has 0 spiro atoms. The highest BCUT2D eigenvalue weighted by molar-refractivity contribution is 7.90. The normalized spacial score (nSPS) is 10.5. The number of sulfonamides is 1. The van der Waals surface area contributed by atoms with E-state index in [1.165, 1.54) is 19.2 Å². The summed E-state index contributed by atoms with van der Waals surface area (Å²) in [6.45, 7) is 1.73. The van der Waals surface area contributed by atoms with Crippen LogP contribution in [0.5, 0.6) is 5.75 Å². The second kappa shape index (κ2) is 4.25. The van der Waals surface area contributed by atoms with E-state index in [0.29, 0.717) is 0 Å². The van der Waals surface area contributed by atoms with Crippen LogP contribution in [0.3, 0.4) is 0 Å². The van der Waals surface area contributed by atoms with Crippen LogP contribution in [-0.4, -0.2) is 21.6 Å². The topological polar surface area (TPSA) is 72.8 Å². The molecule has 80 valence electrons. The predicted octanol–water partition coefficient (Wildman–Crippen LogP) is 1.03. The number of carbonyl (C=O) groups excluding carboxylic acids is 1. The fraction of sp³-hybridized carbons (Fsp3) is 0.222. The van der Waals surface area contributed by atoms with Crippen LogP contribution in [0.2, 0.25) is 0 Å². The Bertz CT molecular complexity index is 515. The molecule has 1 aromatic carbocycles. The Morgan fingerprint density at radius 3 is 2.60 bits per heavy atom. The first kappa shape index (κ1) is 11.4. The first-order valence-electron chi connectivity index (χ1n) is 4.00. The highest BCUT2D eigenvalue weighted by atomic mass is 32.2. The number of hydrogen-bond donors (Lipinski definition) is 0. The summed E-state index contributed by atoms with van der Waals surface area (Å²) in [5.41, 5.74) is 0.732. The summed E-state index contributed by atoms with van der Waals surface area (Å²) >= 11 is 0. The zero-order chi connectivity index (χ0) is 11.5. The molecule has 0 aliphatic heterocycles. The smallest absolute Gasteiger partial charge is 0.296 e. The average Bonchev–Trinajstić information content (AvgIpc) is 2.17. The van der Waals surface area contributed by atoms with Crippen molar-refractivity contribution in [2.24, 2.45) is 4.40 Å². The number of aryl methyl sites for hydroxylation is 1. The number of nitrogens with zero attached hydrogens (tertiary/aromatic N) is 1. The first-order chi connectivity index (χ1) is 7.01. The van der Waals surface area contributed by atoms with E-state index in [1.54, 1.807) is 13.0 Å². The molecule has 1 rings (SSSR count). The third kappa shape index (κ3) is 2.43. The van der Waals surface area contributed by atoms with E-state index in [9.17, 15) is 13.2 Å². The molecular formula is C9H9NO4S. The molecule has 5 nitrogen and oxygen atoms in total. The summed E-state index contributed by atoms with van der Waals surface area (Å²) in [5, 5.41) is 0. The van der Waals surface area contributed by atoms with E-state index < -0.39 is 10.0 Å². The summed E-state index contributed by atoms with van der Waals surface area (Å²) in [4.78, 5) is 9.84. The molecular weight excluding hydrogens is 218 g/mol. The number of methoxy groups -OCH3 is 1. The van der Waals surface area contributed by atoms with Gasteiger partial charge in [-0.05, 0) is 24.6 Å². The van der Waals surface area contributed by atoms with Crippen LogP contribution in [0, 0.1) is 6.92 Å². The highest BCUT2D eigenvalue weighted by Gasteiger charge is 2.18. The van der Waals surface area contributed by atoms with Crippen molar-refractivity contribution in [3.63, 3.8) is 0 Å². The lowest BCUT2D eigenvalue weighted by Crippen LogP contribution is -2.00. The lowest BCUT2D eigenvalue weighted by Gasteiger charge is -2.05. The Morgan fingerprint density at radius 2 is 2.07 bits per heavy atom. The Morgan fingerprint density at radius 1 is 1.40 bits per heavy atom. The van der Waals surface area contributed by atoms with E-state index in [1.807, 2.05) is 0 Å². The predicted molar refractivity (Wildman–Crippen MR) is 53.0 cm³/mol. The molecule has 0 heterocycles. The first-order valence-corrected chi connectivity index (χ1v) is 5.44. The van der Waals surface area contributed by atoms with Gasteiger partial charge in [0.1, 0.15) is 10.6 Å². The summed E-state index contributed by atoms with van der Waals surface area (Å²) in [6.07, 6.45) is 1.01. The lowest BCUT2D eigenvalue weighted by atomic mass is 10.2. The minimum Gasteiger partial charge on any atom is -0.495 e. The van der Waals surface area contributed by atoms with Gasteiger partial charge in [0.15, 0.2) is 0 Å². The van der Waals surface area contributed by atoms with Crippen molar-refractivity contribution in [2.75, 3.05) is 7.11 Å². The SMILES string of the molecule is COc1ccc(C)cc1S(=O)(=O)N=C=O. The Kier molecular flexibility index (Phi) is 3.24. The van der Waals surface area contributed by atoms with Gasteiger partial charge in [-0.25, -0.2) is 4.79 Å². The van der Waals surface area contributed by atoms with Gasteiger partial charge in [-0.15, -0.1) is 0 Å². The molecule has 0 saturated heterocycles. The van der Waals surface area contributed by atoms with E-state index in [0.717, 1.165) is 11.6 Å². The molecule has 6 heteroatoms. The van der Waals surface area contributed by atoms with Crippen LogP contribution in [-0.2, 0) is 14.8 Å². The van der Waals surface area contributed by atoms with Crippen molar-refractivity contribution in [3.8, 4) is 5.75 Å². The van der Waals surface area contributed by atoms with E-state index in [4.69, 9.17) is 4.74 Å². The second-order valence-corrected chi connectivity index (χ2v) is 4.38. The van der Waals surface area contributed by atoms with E-state index in [-0.39, 0.29) is 10.6 Å². The van der Waals surface area contributed by atoms with E-state index >= 15 is 0 Å². The summed E-state index contributed by atoms with van der Waals surface area (Å²) < 4.78 is 30.5. The van der Waals surface area contributed by atoms with Crippen LogP contribution in [0.15, 0.2) is 27.5 Å². The molecule has 0 aromatic heterocycles. The molecule has 0 radical (unpaired) electrons. The van der Waals surface area contributed by atoms with Gasteiger partial charge in [-0.1, -0.05) is 10.5 Å². The van der Waals surface area contributed by atoms with Gasteiger partial charge >= 0.3 is 0 Å². The van der Waals surface area contributed by atoms with Crippen LogP contribution in [0.4, 0.5) is 0 Å². The van der Waals surface area contributed by atoms with Gasteiger partial charge in [0.25, 0.3) is 16.1 Å². The second-order valence-electron chi connectivity index (χ2n) is 2.81. The minimum absolute atomic E-state index is 0.131. The monoisotopic (exact) mass is 227 g/mol. The van der Waals surface area contributed by atoms with Crippen LogP contribution < -0.4 is 4.74 Å². The van der Waals surface area contributed by atoms with Crippen molar-refractivity contribution in [1.82, 2.24) is 0 Å².